The SMILES string of the molecule is CC(C)Cn1ccc([C@H]2NC[C@@]23CCN(C(=O)OC(C)(C)C)C3)c1. The highest BCUT2D eigenvalue weighted by atomic mass is 16.6. The molecule has 3 rings (SSSR count). The van der Waals surface area contributed by atoms with Gasteiger partial charge in [0.05, 0.1) is 0 Å². The Morgan fingerprint density at radius 2 is 2.21 bits per heavy atom. The Morgan fingerprint density at radius 3 is 2.79 bits per heavy atom. The van der Waals surface area contributed by atoms with E-state index < -0.39 is 5.60 Å². The van der Waals surface area contributed by atoms with Crippen molar-refractivity contribution in [3.8, 4) is 0 Å². The first-order valence-electron chi connectivity index (χ1n) is 9.05. The Balaban J connectivity index is 1.65. The number of likely N-dealkylation sites (tertiary alicyclic amines) is 1. The first-order valence-corrected chi connectivity index (χ1v) is 9.05. The molecule has 0 radical (unpaired) electrons. The smallest absolute Gasteiger partial charge is 0.410 e. The number of hydrogen-bond acceptors (Lipinski definition) is 3. The molecule has 1 aromatic heterocycles. The quantitative estimate of drug-likeness (QED) is 0.922. The number of nitrogens with zero attached hydrogens (tertiary/aromatic N) is 2. The van der Waals surface area contributed by atoms with Gasteiger partial charge in [-0.3, -0.25) is 0 Å². The predicted molar refractivity (Wildman–Crippen MR) is 94.9 cm³/mol. The molecule has 24 heavy (non-hydrogen) atoms. The Morgan fingerprint density at radius 1 is 1.46 bits per heavy atom. The van der Waals surface area contributed by atoms with Crippen LogP contribution in [-0.2, 0) is 11.3 Å². The molecule has 2 atom stereocenters. The maximum Gasteiger partial charge on any atom is 0.410 e. The van der Waals surface area contributed by atoms with Crippen LogP contribution in [0, 0.1) is 11.3 Å². The minimum absolute atomic E-state index is 0.168. The van der Waals surface area contributed by atoms with E-state index in [1.165, 1.54) is 5.56 Å². The van der Waals surface area contributed by atoms with Crippen LogP contribution in [0.25, 0.3) is 0 Å². The third-order valence-corrected chi connectivity index (χ3v) is 4.99. The van der Waals surface area contributed by atoms with Crippen LogP contribution in [0.5, 0.6) is 0 Å². The van der Waals surface area contributed by atoms with Gasteiger partial charge in [-0.15, -0.1) is 0 Å². The molecule has 0 unspecified atom stereocenters. The van der Waals surface area contributed by atoms with Crippen LogP contribution in [0.2, 0.25) is 0 Å². The molecule has 0 aromatic carbocycles. The summed E-state index contributed by atoms with van der Waals surface area (Å²) in [7, 11) is 0. The number of rotatable bonds is 3. The van der Waals surface area contributed by atoms with Gasteiger partial charge in [0.25, 0.3) is 0 Å². The summed E-state index contributed by atoms with van der Waals surface area (Å²) in [5.74, 6) is 0.641. The zero-order valence-electron chi connectivity index (χ0n) is 15.6. The van der Waals surface area contributed by atoms with Gasteiger partial charge < -0.3 is 19.5 Å². The highest BCUT2D eigenvalue weighted by Crippen LogP contribution is 2.48. The highest BCUT2D eigenvalue weighted by Gasteiger charge is 2.52. The predicted octanol–water partition coefficient (Wildman–Crippen LogP) is 3.42. The number of aromatic nitrogens is 1. The van der Waals surface area contributed by atoms with Gasteiger partial charge in [0, 0.05) is 50.0 Å². The van der Waals surface area contributed by atoms with Gasteiger partial charge in [0.2, 0.25) is 0 Å². The second kappa shape index (κ2) is 6.10. The number of carbonyl (C=O) groups excluding carboxylic acids is 1. The van der Waals surface area contributed by atoms with E-state index in [9.17, 15) is 4.79 Å². The van der Waals surface area contributed by atoms with Gasteiger partial charge in [-0.25, -0.2) is 4.79 Å². The van der Waals surface area contributed by atoms with Crippen LogP contribution >= 0.6 is 0 Å². The number of hydrogen-bond donors (Lipinski definition) is 1. The van der Waals surface area contributed by atoms with Crippen LogP contribution in [-0.4, -0.2) is 40.8 Å². The van der Waals surface area contributed by atoms with Crippen molar-refractivity contribution in [3.63, 3.8) is 0 Å². The number of amides is 1. The molecular formula is C19H31N3O2. The second-order valence-electron chi connectivity index (χ2n) is 8.86. The molecule has 5 nitrogen and oxygen atoms in total. The number of nitrogens with one attached hydrogen (secondary N) is 1. The Hall–Kier alpha value is -1.49. The van der Waals surface area contributed by atoms with Gasteiger partial charge in [-0.1, -0.05) is 13.8 Å². The molecule has 0 aliphatic carbocycles. The van der Waals surface area contributed by atoms with E-state index >= 15 is 0 Å². The van der Waals surface area contributed by atoms with E-state index in [-0.39, 0.29) is 11.5 Å². The van der Waals surface area contributed by atoms with E-state index in [1.54, 1.807) is 0 Å². The van der Waals surface area contributed by atoms with E-state index in [0.717, 1.165) is 32.6 Å². The first kappa shape index (κ1) is 17.3. The molecule has 2 fully saturated rings. The van der Waals surface area contributed by atoms with E-state index in [1.807, 2.05) is 25.7 Å². The maximum atomic E-state index is 12.3. The molecule has 134 valence electrons. The fraction of sp³-hybridized carbons (Fsp3) is 0.737. The van der Waals surface area contributed by atoms with Crippen LogP contribution < -0.4 is 5.32 Å². The number of ether oxygens (including phenoxy) is 1. The van der Waals surface area contributed by atoms with Crippen molar-refractivity contribution >= 4 is 6.09 Å². The van der Waals surface area contributed by atoms with Crippen molar-refractivity contribution < 1.29 is 9.53 Å². The van der Waals surface area contributed by atoms with Gasteiger partial charge in [-0.05, 0) is 44.7 Å². The minimum Gasteiger partial charge on any atom is -0.444 e. The molecule has 0 saturated carbocycles. The van der Waals surface area contributed by atoms with Crippen molar-refractivity contribution in [3.05, 3.63) is 24.0 Å². The van der Waals surface area contributed by atoms with E-state index in [4.69, 9.17) is 4.74 Å². The molecule has 5 heteroatoms. The molecule has 2 aliphatic heterocycles. The third-order valence-electron chi connectivity index (χ3n) is 4.99. The zero-order valence-corrected chi connectivity index (χ0v) is 15.6. The largest absolute Gasteiger partial charge is 0.444 e. The zero-order chi connectivity index (χ0) is 17.5. The van der Waals surface area contributed by atoms with Crippen molar-refractivity contribution in [2.24, 2.45) is 11.3 Å². The lowest BCUT2D eigenvalue weighted by Crippen LogP contribution is -2.57. The van der Waals surface area contributed by atoms with Gasteiger partial charge in [0.15, 0.2) is 0 Å². The standard InChI is InChI=1S/C19H31N3O2/c1-14(2)10-21-8-6-15(11-21)16-19(12-20-16)7-9-22(13-19)17(23)24-18(3,4)5/h6,8,11,14,16,20H,7,9-10,12-13H2,1-5H3/t16-,19-/m1/s1. The minimum atomic E-state index is -0.432. The van der Waals surface area contributed by atoms with Gasteiger partial charge in [-0.2, -0.15) is 0 Å². The molecule has 1 amide bonds. The van der Waals surface area contributed by atoms with Crippen molar-refractivity contribution in [2.45, 2.75) is 59.2 Å². The van der Waals surface area contributed by atoms with E-state index in [0.29, 0.717) is 12.0 Å². The topological polar surface area (TPSA) is 46.5 Å². The molecule has 1 N–H and O–H groups in total. The summed E-state index contributed by atoms with van der Waals surface area (Å²) in [5.41, 5.74) is 1.08. The summed E-state index contributed by atoms with van der Waals surface area (Å²) in [6.07, 6.45) is 5.29. The maximum absolute atomic E-state index is 12.3. The Bertz CT molecular complexity index is 602. The highest BCUT2D eigenvalue weighted by molar-refractivity contribution is 5.68. The van der Waals surface area contributed by atoms with Crippen LogP contribution in [0.3, 0.4) is 0 Å². The summed E-state index contributed by atoms with van der Waals surface area (Å²) >= 11 is 0. The van der Waals surface area contributed by atoms with Crippen LogP contribution in [0.4, 0.5) is 4.79 Å². The van der Waals surface area contributed by atoms with E-state index in [2.05, 4.69) is 42.2 Å². The molecule has 3 heterocycles. The average Bonchev–Trinajstić information content (AvgIpc) is 3.03. The van der Waals surface area contributed by atoms with Crippen molar-refractivity contribution in [1.82, 2.24) is 14.8 Å². The van der Waals surface area contributed by atoms with Crippen molar-refractivity contribution in [2.75, 3.05) is 19.6 Å². The monoisotopic (exact) mass is 333 g/mol. The Labute approximate surface area is 145 Å². The molecule has 1 aromatic rings. The molecule has 1 spiro atoms. The summed E-state index contributed by atoms with van der Waals surface area (Å²) < 4.78 is 7.81. The molecular weight excluding hydrogens is 302 g/mol. The summed E-state index contributed by atoms with van der Waals surface area (Å²) in [6.45, 7) is 13.8. The molecule has 2 aliphatic rings. The third kappa shape index (κ3) is 3.46. The average molecular weight is 333 g/mol. The normalized spacial score (nSPS) is 26.9. The lowest BCUT2D eigenvalue weighted by atomic mass is 9.70. The van der Waals surface area contributed by atoms with Gasteiger partial charge >= 0.3 is 6.09 Å². The summed E-state index contributed by atoms with van der Waals surface area (Å²) in [5, 5.41) is 3.58. The first-order chi connectivity index (χ1) is 11.2. The number of carbonyl (C=O) groups is 1. The summed E-state index contributed by atoms with van der Waals surface area (Å²) in [4.78, 5) is 14.2. The fourth-order valence-electron chi connectivity index (χ4n) is 3.89. The van der Waals surface area contributed by atoms with Crippen LogP contribution in [0.1, 0.15) is 52.6 Å². The lowest BCUT2D eigenvalue weighted by molar-refractivity contribution is 0.0216. The summed E-state index contributed by atoms with van der Waals surface area (Å²) in [6, 6.07) is 2.57. The van der Waals surface area contributed by atoms with Crippen molar-refractivity contribution in [1.29, 1.82) is 0 Å². The fourth-order valence-corrected chi connectivity index (χ4v) is 3.89. The second-order valence-corrected chi connectivity index (χ2v) is 8.86. The molecule has 0 bridgehead atoms. The van der Waals surface area contributed by atoms with Gasteiger partial charge in [0.1, 0.15) is 5.60 Å². The Kier molecular flexibility index (Phi) is 4.41. The molecule has 2 saturated heterocycles. The lowest BCUT2D eigenvalue weighted by Gasteiger charge is -2.48. The van der Waals surface area contributed by atoms with Crippen LogP contribution in [0.15, 0.2) is 18.5 Å².